The van der Waals surface area contributed by atoms with Gasteiger partial charge in [-0.05, 0) is 43.5 Å². The number of rotatable bonds is 7. The predicted octanol–water partition coefficient (Wildman–Crippen LogP) is 3.42. The van der Waals surface area contributed by atoms with Crippen molar-refractivity contribution in [3.05, 3.63) is 75.7 Å². The number of nitrogens with zero attached hydrogens (tertiary/aromatic N) is 2. The van der Waals surface area contributed by atoms with E-state index in [0.29, 0.717) is 6.54 Å². The van der Waals surface area contributed by atoms with Gasteiger partial charge in [-0.15, -0.1) is 11.3 Å². The van der Waals surface area contributed by atoms with Gasteiger partial charge in [0.05, 0.1) is 17.9 Å². The zero-order valence-electron chi connectivity index (χ0n) is 15.7. The van der Waals surface area contributed by atoms with E-state index < -0.39 is 5.97 Å². The van der Waals surface area contributed by atoms with Crippen LogP contribution in [0.1, 0.15) is 21.8 Å². The number of nitrogens with one attached hydrogen (secondary N) is 1. The van der Waals surface area contributed by atoms with Crippen molar-refractivity contribution < 1.29 is 14.3 Å². The molecule has 28 heavy (non-hydrogen) atoms. The molecule has 0 unspecified atom stereocenters. The summed E-state index contributed by atoms with van der Waals surface area (Å²) in [5.74, 6) is -0.906. The Morgan fingerprint density at radius 1 is 1.18 bits per heavy atom. The van der Waals surface area contributed by atoms with Crippen LogP contribution in [0.3, 0.4) is 0 Å². The number of hydrogen-bond donors (Lipinski definition) is 1. The number of thiophene rings is 1. The van der Waals surface area contributed by atoms with Crippen LogP contribution in [0.5, 0.6) is 0 Å². The standard InChI is InChI=1S/C21H21N3O3S/c1-15-19(16(2)24(23-15)17-7-4-3-5-8-17)10-11-21(26)27-14-20(25)22-13-18-9-6-12-28-18/h3-12H,13-14H2,1-2H3,(H,22,25)/b11-10+. The van der Waals surface area contributed by atoms with Crippen LogP contribution < -0.4 is 5.32 Å². The third-order valence-corrected chi connectivity index (χ3v) is 5.00. The summed E-state index contributed by atoms with van der Waals surface area (Å²) < 4.78 is 6.84. The second kappa shape index (κ2) is 9.14. The van der Waals surface area contributed by atoms with Crippen LogP contribution in [0, 0.1) is 13.8 Å². The van der Waals surface area contributed by atoms with E-state index in [9.17, 15) is 9.59 Å². The maximum Gasteiger partial charge on any atom is 0.331 e. The van der Waals surface area contributed by atoms with Crippen LogP contribution in [-0.4, -0.2) is 28.3 Å². The van der Waals surface area contributed by atoms with Crippen molar-refractivity contribution in [2.75, 3.05) is 6.61 Å². The Bertz CT molecular complexity index is 976. The quantitative estimate of drug-likeness (QED) is 0.491. The molecule has 1 aromatic carbocycles. The molecule has 0 aliphatic carbocycles. The minimum absolute atomic E-state index is 0.310. The minimum atomic E-state index is -0.572. The van der Waals surface area contributed by atoms with Gasteiger partial charge < -0.3 is 10.1 Å². The molecule has 0 atom stereocenters. The summed E-state index contributed by atoms with van der Waals surface area (Å²) in [5.41, 5.74) is 3.52. The first-order valence-electron chi connectivity index (χ1n) is 8.80. The zero-order valence-corrected chi connectivity index (χ0v) is 16.5. The Balaban J connectivity index is 1.55. The van der Waals surface area contributed by atoms with E-state index in [4.69, 9.17) is 4.74 Å². The summed E-state index contributed by atoms with van der Waals surface area (Å²) in [6.07, 6.45) is 2.99. The van der Waals surface area contributed by atoms with Gasteiger partial charge in [0.15, 0.2) is 6.61 Å². The van der Waals surface area contributed by atoms with Crippen molar-refractivity contribution in [3.8, 4) is 5.69 Å². The maximum atomic E-state index is 11.9. The Morgan fingerprint density at radius 3 is 2.68 bits per heavy atom. The molecule has 0 bridgehead atoms. The van der Waals surface area contributed by atoms with Gasteiger partial charge >= 0.3 is 5.97 Å². The first-order valence-corrected chi connectivity index (χ1v) is 9.68. The molecule has 0 radical (unpaired) electrons. The number of hydrogen-bond acceptors (Lipinski definition) is 5. The van der Waals surface area contributed by atoms with Crippen molar-refractivity contribution in [2.45, 2.75) is 20.4 Å². The molecule has 3 rings (SSSR count). The maximum absolute atomic E-state index is 11.9. The van der Waals surface area contributed by atoms with Gasteiger partial charge in [0.25, 0.3) is 5.91 Å². The molecular formula is C21H21N3O3S. The van der Waals surface area contributed by atoms with Crippen LogP contribution in [0.15, 0.2) is 53.9 Å². The molecule has 3 aromatic rings. The number of carbonyl (C=O) groups excluding carboxylic acids is 2. The first-order chi connectivity index (χ1) is 13.5. The summed E-state index contributed by atoms with van der Waals surface area (Å²) in [5, 5.41) is 9.18. The average Bonchev–Trinajstić information content (AvgIpc) is 3.32. The third kappa shape index (κ3) is 4.95. The fraction of sp³-hybridized carbons (Fsp3) is 0.190. The van der Waals surface area contributed by atoms with E-state index in [1.807, 2.05) is 66.4 Å². The van der Waals surface area contributed by atoms with E-state index >= 15 is 0 Å². The SMILES string of the molecule is Cc1nn(-c2ccccc2)c(C)c1/C=C/C(=O)OCC(=O)NCc1cccs1. The summed E-state index contributed by atoms with van der Waals surface area (Å²) >= 11 is 1.56. The van der Waals surface area contributed by atoms with Gasteiger partial charge in [-0.1, -0.05) is 24.3 Å². The highest BCUT2D eigenvalue weighted by Crippen LogP contribution is 2.19. The number of aryl methyl sites for hydroxylation is 1. The number of amides is 1. The molecule has 0 saturated carbocycles. The number of ether oxygens (including phenoxy) is 1. The number of aromatic nitrogens is 2. The van der Waals surface area contributed by atoms with Crippen LogP contribution in [0.2, 0.25) is 0 Å². The molecule has 0 aliphatic rings. The van der Waals surface area contributed by atoms with Gasteiger partial charge in [-0.3, -0.25) is 4.79 Å². The number of esters is 1. The van der Waals surface area contributed by atoms with Crippen LogP contribution in [-0.2, 0) is 20.9 Å². The largest absolute Gasteiger partial charge is 0.452 e. The van der Waals surface area contributed by atoms with Crippen molar-refractivity contribution in [3.63, 3.8) is 0 Å². The normalized spacial score (nSPS) is 10.9. The summed E-state index contributed by atoms with van der Waals surface area (Å²) in [6, 6.07) is 13.6. The Labute approximate surface area is 167 Å². The highest BCUT2D eigenvalue weighted by atomic mass is 32.1. The van der Waals surface area contributed by atoms with Crippen molar-refractivity contribution >= 4 is 29.3 Å². The average molecular weight is 395 g/mol. The third-order valence-electron chi connectivity index (χ3n) is 4.12. The second-order valence-electron chi connectivity index (χ2n) is 6.13. The molecule has 1 N–H and O–H groups in total. The number of carbonyl (C=O) groups is 2. The smallest absolute Gasteiger partial charge is 0.331 e. The predicted molar refractivity (Wildman–Crippen MR) is 109 cm³/mol. The molecule has 144 valence electrons. The highest BCUT2D eigenvalue weighted by molar-refractivity contribution is 7.09. The van der Waals surface area contributed by atoms with Crippen molar-refractivity contribution in [1.82, 2.24) is 15.1 Å². The topological polar surface area (TPSA) is 73.2 Å². The molecule has 0 aliphatic heterocycles. The van der Waals surface area contributed by atoms with Crippen LogP contribution >= 0.6 is 11.3 Å². The van der Waals surface area contributed by atoms with Gasteiger partial charge in [0.1, 0.15) is 0 Å². The van der Waals surface area contributed by atoms with E-state index in [1.54, 1.807) is 17.4 Å². The Morgan fingerprint density at radius 2 is 1.96 bits per heavy atom. The molecule has 2 aromatic heterocycles. The molecule has 7 heteroatoms. The molecule has 0 saturated heterocycles. The van der Waals surface area contributed by atoms with Gasteiger partial charge in [0, 0.05) is 22.2 Å². The molecule has 1 amide bonds. The Hall–Kier alpha value is -3.19. The zero-order chi connectivity index (χ0) is 19.9. The van der Waals surface area contributed by atoms with E-state index in [-0.39, 0.29) is 12.5 Å². The minimum Gasteiger partial charge on any atom is -0.452 e. The molecule has 2 heterocycles. The van der Waals surface area contributed by atoms with Crippen LogP contribution in [0.4, 0.5) is 0 Å². The van der Waals surface area contributed by atoms with Crippen LogP contribution in [0.25, 0.3) is 11.8 Å². The van der Waals surface area contributed by atoms with E-state index in [2.05, 4.69) is 10.4 Å². The van der Waals surface area contributed by atoms with Gasteiger partial charge in [-0.25, -0.2) is 9.48 Å². The van der Waals surface area contributed by atoms with E-state index in [1.165, 1.54) is 6.08 Å². The molecule has 0 fully saturated rings. The monoisotopic (exact) mass is 395 g/mol. The number of benzene rings is 1. The van der Waals surface area contributed by atoms with Gasteiger partial charge in [-0.2, -0.15) is 5.10 Å². The molecule has 6 nitrogen and oxygen atoms in total. The molecular weight excluding hydrogens is 374 g/mol. The second-order valence-corrected chi connectivity index (χ2v) is 7.16. The van der Waals surface area contributed by atoms with Gasteiger partial charge in [0.2, 0.25) is 0 Å². The fourth-order valence-electron chi connectivity index (χ4n) is 2.70. The lowest BCUT2D eigenvalue weighted by molar-refractivity contribution is -0.143. The van der Waals surface area contributed by atoms with E-state index in [0.717, 1.165) is 27.5 Å². The van der Waals surface area contributed by atoms with Crippen molar-refractivity contribution in [2.24, 2.45) is 0 Å². The lowest BCUT2D eigenvalue weighted by Gasteiger charge is -2.04. The molecule has 0 spiro atoms. The Kier molecular flexibility index (Phi) is 6.39. The summed E-state index contributed by atoms with van der Waals surface area (Å²) in [7, 11) is 0. The highest BCUT2D eigenvalue weighted by Gasteiger charge is 2.11. The van der Waals surface area contributed by atoms with Crippen molar-refractivity contribution in [1.29, 1.82) is 0 Å². The summed E-state index contributed by atoms with van der Waals surface area (Å²) in [6.45, 7) is 3.95. The summed E-state index contributed by atoms with van der Waals surface area (Å²) in [4.78, 5) is 24.7. The lowest BCUT2D eigenvalue weighted by atomic mass is 10.2. The fourth-order valence-corrected chi connectivity index (χ4v) is 3.35. The lowest BCUT2D eigenvalue weighted by Crippen LogP contribution is -2.27. The number of para-hydroxylation sites is 1. The first kappa shape index (κ1) is 19.6.